The number of carboxylic acid groups (broad SMARTS) is 1. The number of ether oxygens (including phenoxy) is 2. The summed E-state index contributed by atoms with van der Waals surface area (Å²) in [6.07, 6.45) is -4.79. The van der Waals surface area contributed by atoms with Gasteiger partial charge in [0.25, 0.3) is 5.91 Å². The van der Waals surface area contributed by atoms with Gasteiger partial charge in [0.05, 0.1) is 22.4 Å². The van der Waals surface area contributed by atoms with Gasteiger partial charge < -0.3 is 14.6 Å². The summed E-state index contributed by atoms with van der Waals surface area (Å²) in [7, 11) is -3.92. The highest BCUT2D eigenvalue weighted by molar-refractivity contribution is 7.89. The average Bonchev–Trinajstić information content (AvgIpc) is 2.92. The zero-order chi connectivity index (χ0) is 30.4. The van der Waals surface area contributed by atoms with Crippen LogP contribution in [0.4, 0.5) is 13.2 Å². The largest absolute Gasteiger partial charge is 0.490 e. The molecule has 15 heteroatoms. The number of benzene rings is 2. The van der Waals surface area contributed by atoms with Gasteiger partial charge in [-0.05, 0) is 56.7 Å². The number of pyridine rings is 1. The predicted octanol–water partition coefficient (Wildman–Crippen LogP) is 3.33. The van der Waals surface area contributed by atoms with Gasteiger partial charge in [0.15, 0.2) is 0 Å². The lowest BCUT2D eigenvalue weighted by atomic mass is 9.80. The first-order chi connectivity index (χ1) is 19.2. The van der Waals surface area contributed by atoms with Crippen molar-refractivity contribution in [3.05, 3.63) is 65.9 Å². The van der Waals surface area contributed by atoms with Crippen molar-refractivity contribution in [3.8, 4) is 5.75 Å². The lowest BCUT2D eigenvalue weighted by Gasteiger charge is -2.39. The summed E-state index contributed by atoms with van der Waals surface area (Å²) >= 11 is 0. The number of hydrogen-bond donors (Lipinski definition) is 4. The first kappa shape index (κ1) is 31.7. The van der Waals surface area contributed by atoms with Gasteiger partial charge >= 0.3 is 12.1 Å². The number of carbonyl (C=O) groups excluding carboxylic acids is 1. The molecule has 0 bridgehead atoms. The molecule has 3 aromatic rings. The number of nitrogens with zero attached hydrogens (tertiary/aromatic N) is 1. The van der Waals surface area contributed by atoms with Crippen LogP contribution in [-0.2, 0) is 31.0 Å². The Morgan fingerprint density at radius 1 is 1.17 bits per heavy atom. The first-order valence-corrected chi connectivity index (χ1v) is 13.6. The van der Waals surface area contributed by atoms with Crippen LogP contribution in [-0.4, -0.2) is 61.0 Å². The zero-order valence-corrected chi connectivity index (χ0v) is 22.8. The van der Waals surface area contributed by atoms with E-state index in [-0.39, 0.29) is 11.5 Å². The highest BCUT2D eigenvalue weighted by atomic mass is 32.2. The van der Waals surface area contributed by atoms with Crippen molar-refractivity contribution in [3.63, 3.8) is 0 Å². The van der Waals surface area contributed by atoms with E-state index in [0.717, 1.165) is 22.2 Å². The molecule has 1 aliphatic rings. The van der Waals surface area contributed by atoms with Crippen molar-refractivity contribution in [2.45, 2.75) is 44.0 Å². The van der Waals surface area contributed by atoms with Gasteiger partial charge in [-0.1, -0.05) is 18.2 Å². The number of carbonyl (C=O) groups is 2. The maximum Gasteiger partial charge on any atom is 0.490 e. The number of rotatable bonds is 7. The van der Waals surface area contributed by atoms with E-state index in [4.69, 9.17) is 24.6 Å². The standard InChI is InChI=1S/C24H27N3O6S.C2HF3O2/c1-16-13-17(20-5-3-4-6-21(20)25-16)14-33-18-7-9-19(10-8-18)34(30,31)27-22-11-12-32-15-24(22,2)23(28)26-29;3-2(4,5)1(6)7/h3-10,13,22,27,29H,11-12,14-15H2,1-2H3,(H,26,28);(H,6,7)/t22-,24+;/m1./s1. The van der Waals surface area contributed by atoms with Gasteiger partial charge in [-0.3, -0.25) is 15.0 Å². The number of hydrogen-bond acceptors (Lipinski definition) is 8. The SMILES string of the molecule is Cc1cc(COc2ccc(S(=O)(=O)N[C@@H]3CCOC[C@]3(C)C(=O)NO)cc2)c2ccccc2n1.O=C(O)C(F)(F)F. The molecule has 2 aromatic carbocycles. The Morgan fingerprint density at radius 2 is 1.80 bits per heavy atom. The molecule has 1 saturated heterocycles. The average molecular weight is 600 g/mol. The monoisotopic (exact) mass is 599 g/mol. The number of hydroxylamine groups is 1. The Bertz CT molecular complexity index is 1500. The summed E-state index contributed by atoms with van der Waals surface area (Å²) in [5, 5.41) is 17.2. The van der Waals surface area contributed by atoms with Gasteiger partial charge in [-0.25, -0.2) is 23.4 Å². The number of aromatic nitrogens is 1. The van der Waals surface area contributed by atoms with Gasteiger partial charge in [0.2, 0.25) is 10.0 Å². The zero-order valence-electron chi connectivity index (χ0n) is 21.9. The minimum Gasteiger partial charge on any atom is -0.489 e. The number of fused-ring (bicyclic) bond motifs is 1. The molecule has 1 aliphatic heterocycles. The highest BCUT2D eigenvalue weighted by Crippen LogP contribution is 2.30. The van der Waals surface area contributed by atoms with Crippen LogP contribution in [0.5, 0.6) is 5.75 Å². The maximum atomic E-state index is 13.0. The van der Waals surface area contributed by atoms with Crippen molar-refractivity contribution in [2.75, 3.05) is 13.2 Å². The van der Waals surface area contributed by atoms with Gasteiger partial charge in [0.1, 0.15) is 12.4 Å². The van der Waals surface area contributed by atoms with Crippen LogP contribution in [0.2, 0.25) is 0 Å². The van der Waals surface area contributed by atoms with E-state index >= 15 is 0 Å². The van der Waals surface area contributed by atoms with E-state index in [2.05, 4.69) is 9.71 Å². The lowest BCUT2D eigenvalue weighted by Crippen LogP contribution is -2.58. The molecule has 1 aromatic heterocycles. The molecule has 1 fully saturated rings. The van der Waals surface area contributed by atoms with Crippen molar-refractivity contribution < 1.29 is 51.0 Å². The minimum atomic E-state index is -5.08. The first-order valence-electron chi connectivity index (χ1n) is 12.1. The van der Waals surface area contributed by atoms with Crippen LogP contribution in [0.25, 0.3) is 10.9 Å². The van der Waals surface area contributed by atoms with E-state index in [9.17, 15) is 26.4 Å². The Kier molecular flexibility index (Phi) is 9.91. The van der Waals surface area contributed by atoms with E-state index in [1.54, 1.807) is 24.5 Å². The molecule has 2 atom stereocenters. The normalized spacial score (nSPS) is 19.1. The molecule has 41 heavy (non-hydrogen) atoms. The fourth-order valence-electron chi connectivity index (χ4n) is 4.09. The molecule has 0 unspecified atom stereocenters. The summed E-state index contributed by atoms with van der Waals surface area (Å²) in [5.74, 6) is -2.94. The topological polar surface area (TPSA) is 164 Å². The maximum absolute atomic E-state index is 13.0. The van der Waals surface area contributed by atoms with Crippen LogP contribution in [0.1, 0.15) is 24.6 Å². The molecule has 222 valence electrons. The lowest BCUT2D eigenvalue weighted by molar-refractivity contribution is -0.192. The second-order valence-electron chi connectivity index (χ2n) is 9.38. The Morgan fingerprint density at radius 3 is 2.41 bits per heavy atom. The number of sulfonamides is 1. The van der Waals surface area contributed by atoms with Crippen LogP contribution in [0.3, 0.4) is 0 Å². The second kappa shape index (κ2) is 12.8. The number of carboxylic acids is 1. The van der Waals surface area contributed by atoms with Crippen LogP contribution >= 0.6 is 0 Å². The van der Waals surface area contributed by atoms with Gasteiger partial charge in [-0.15, -0.1) is 0 Å². The number of para-hydroxylation sites is 1. The molecule has 1 amide bonds. The minimum absolute atomic E-state index is 0.0114. The number of halogens is 3. The number of amides is 1. The summed E-state index contributed by atoms with van der Waals surface area (Å²) < 4.78 is 71.5. The molecule has 2 heterocycles. The number of alkyl halides is 3. The number of aliphatic carboxylic acids is 1. The summed E-state index contributed by atoms with van der Waals surface area (Å²) in [6, 6.07) is 15.1. The van der Waals surface area contributed by atoms with Crippen LogP contribution in [0.15, 0.2) is 59.5 Å². The Hall–Kier alpha value is -3.79. The third-order valence-electron chi connectivity index (χ3n) is 6.34. The van der Waals surface area contributed by atoms with E-state index in [0.29, 0.717) is 25.4 Å². The van der Waals surface area contributed by atoms with Crippen molar-refractivity contribution >= 4 is 32.8 Å². The molecule has 11 nitrogen and oxygen atoms in total. The molecule has 4 rings (SSSR count). The Labute approximate surface area is 233 Å². The summed E-state index contributed by atoms with van der Waals surface area (Å²) in [4.78, 5) is 25.6. The second-order valence-corrected chi connectivity index (χ2v) is 11.1. The number of nitrogens with one attached hydrogen (secondary N) is 2. The quantitative estimate of drug-likeness (QED) is 0.236. The molecule has 0 aliphatic carbocycles. The molecule has 0 spiro atoms. The third kappa shape index (κ3) is 7.91. The molecule has 0 saturated carbocycles. The molecular weight excluding hydrogens is 571 g/mol. The fraction of sp³-hybridized carbons (Fsp3) is 0.346. The van der Waals surface area contributed by atoms with Crippen molar-refractivity contribution in [2.24, 2.45) is 5.41 Å². The van der Waals surface area contributed by atoms with Gasteiger partial charge in [-0.2, -0.15) is 13.2 Å². The molecule has 0 radical (unpaired) electrons. The summed E-state index contributed by atoms with van der Waals surface area (Å²) in [5.41, 5.74) is 3.13. The van der Waals surface area contributed by atoms with Crippen LogP contribution < -0.4 is 14.9 Å². The van der Waals surface area contributed by atoms with Crippen LogP contribution in [0, 0.1) is 12.3 Å². The third-order valence-corrected chi connectivity index (χ3v) is 7.83. The smallest absolute Gasteiger partial charge is 0.489 e. The highest BCUT2D eigenvalue weighted by Gasteiger charge is 2.45. The van der Waals surface area contributed by atoms with E-state index in [1.165, 1.54) is 12.1 Å². The van der Waals surface area contributed by atoms with Crippen molar-refractivity contribution in [1.29, 1.82) is 0 Å². The predicted molar refractivity (Wildman–Crippen MR) is 139 cm³/mol. The number of aryl methyl sites for hydroxylation is 1. The fourth-order valence-corrected chi connectivity index (χ4v) is 5.47. The van der Waals surface area contributed by atoms with Gasteiger partial charge in [0, 0.05) is 29.3 Å². The molecule has 4 N–H and O–H groups in total. The molecular formula is C26H28F3N3O8S. The summed E-state index contributed by atoms with van der Waals surface area (Å²) in [6.45, 7) is 4.08. The van der Waals surface area contributed by atoms with E-state index in [1.807, 2.05) is 37.3 Å². The van der Waals surface area contributed by atoms with E-state index < -0.39 is 39.5 Å². The van der Waals surface area contributed by atoms with Crippen molar-refractivity contribution in [1.82, 2.24) is 15.2 Å². The Balaban J connectivity index is 0.000000587.